The summed E-state index contributed by atoms with van der Waals surface area (Å²) in [5, 5.41) is 19.0. The van der Waals surface area contributed by atoms with Gasteiger partial charge in [-0.2, -0.15) is 10.1 Å². The highest BCUT2D eigenvalue weighted by Gasteiger charge is 2.38. The third kappa shape index (κ3) is 5.43. The van der Waals surface area contributed by atoms with Gasteiger partial charge in [-0.1, -0.05) is 61.5 Å². The molecule has 1 saturated carbocycles. The van der Waals surface area contributed by atoms with E-state index >= 15 is 0 Å². The van der Waals surface area contributed by atoms with Crippen molar-refractivity contribution in [3.8, 4) is 23.0 Å². The Labute approximate surface area is 189 Å². The van der Waals surface area contributed by atoms with Gasteiger partial charge in [0.1, 0.15) is 0 Å². The van der Waals surface area contributed by atoms with E-state index < -0.39 is 5.60 Å². The lowest BCUT2D eigenvalue weighted by molar-refractivity contribution is 0.154. The van der Waals surface area contributed by atoms with Gasteiger partial charge in [-0.3, -0.25) is 4.68 Å². The van der Waals surface area contributed by atoms with Gasteiger partial charge in [0.15, 0.2) is 5.69 Å². The monoisotopic (exact) mass is 432 g/mol. The minimum absolute atomic E-state index is 0.414. The van der Waals surface area contributed by atoms with Crippen LogP contribution in [0.1, 0.15) is 51.3 Å². The van der Waals surface area contributed by atoms with Gasteiger partial charge in [0.05, 0.1) is 12.1 Å². The largest absolute Gasteiger partial charge is 0.390 e. The Bertz CT molecular complexity index is 1120. The maximum Gasteiger partial charge on any atom is 0.278 e. The molecule has 0 bridgehead atoms. The van der Waals surface area contributed by atoms with Gasteiger partial charge >= 0.3 is 0 Å². The molecule has 1 fully saturated rings. The fraction of sp³-hybridized carbons (Fsp3) is 0.423. The molecule has 1 N–H and O–H groups in total. The third-order valence-corrected chi connectivity index (χ3v) is 5.77. The highest BCUT2D eigenvalue weighted by atomic mass is 16.5. The highest BCUT2D eigenvalue weighted by molar-refractivity contribution is 5.58. The molecule has 0 unspecified atom stereocenters. The average Bonchev–Trinajstić information content (AvgIpc) is 3.13. The molecule has 1 aromatic carbocycles. The molecule has 6 heteroatoms. The van der Waals surface area contributed by atoms with Crippen molar-refractivity contribution in [1.82, 2.24) is 19.9 Å². The van der Waals surface area contributed by atoms with Crippen LogP contribution in [0.25, 0.3) is 23.0 Å². The number of nitrogens with zero attached hydrogens (tertiary/aromatic N) is 4. The van der Waals surface area contributed by atoms with Crippen molar-refractivity contribution >= 4 is 0 Å². The highest BCUT2D eigenvalue weighted by Crippen LogP contribution is 2.39. The fourth-order valence-electron chi connectivity index (χ4n) is 3.72. The van der Waals surface area contributed by atoms with Crippen LogP contribution in [0.3, 0.4) is 0 Å². The molecular weight excluding hydrogens is 400 g/mol. The summed E-state index contributed by atoms with van der Waals surface area (Å²) in [6.07, 6.45) is 9.70. The Balaban J connectivity index is 1.49. The summed E-state index contributed by atoms with van der Waals surface area (Å²) in [5.74, 6) is 1.60. The molecule has 4 rings (SSSR count). The summed E-state index contributed by atoms with van der Waals surface area (Å²) in [4.78, 5) is 4.57. The topological polar surface area (TPSA) is 77.0 Å². The summed E-state index contributed by atoms with van der Waals surface area (Å²) >= 11 is 0. The van der Waals surface area contributed by atoms with Crippen LogP contribution in [0, 0.1) is 12.8 Å². The third-order valence-electron chi connectivity index (χ3n) is 5.77. The predicted octanol–water partition coefficient (Wildman–Crippen LogP) is 5.52. The van der Waals surface area contributed by atoms with Crippen molar-refractivity contribution in [3.63, 3.8) is 0 Å². The van der Waals surface area contributed by atoms with Crippen LogP contribution in [0.4, 0.5) is 0 Å². The second-order valence-corrected chi connectivity index (χ2v) is 9.25. The first kappa shape index (κ1) is 22.2. The first-order valence-corrected chi connectivity index (χ1v) is 11.4. The summed E-state index contributed by atoms with van der Waals surface area (Å²) < 4.78 is 7.46. The average molecular weight is 433 g/mol. The van der Waals surface area contributed by atoms with Crippen LogP contribution in [0.15, 0.2) is 58.7 Å². The van der Waals surface area contributed by atoms with E-state index in [0.29, 0.717) is 36.3 Å². The van der Waals surface area contributed by atoms with Gasteiger partial charge in [0.25, 0.3) is 5.89 Å². The Hall–Kier alpha value is -2.99. The number of aromatic nitrogens is 4. The lowest BCUT2D eigenvalue weighted by Gasteiger charge is -2.08. The minimum Gasteiger partial charge on any atom is -0.390 e. The lowest BCUT2D eigenvalue weighted by Crippen LogP contribution is -2.07. The van der Waals surface area contributed by atoms with Crippen molar-refractivity contribution in [3.05, 3.63) is 65.4 Å². The molecule has 2 heterocycles. The smallest absolute Gasteiger partial charge is 0.278 e. The van der Waals surface area contributed by atoms with E-state index in [1.54, 1.807) is 0 Å². The molecule has 168 valence electrons. The molecule has 3 aromatic rings. The van der Waals surface area contributed by atoms with E-state index in [0.717, 1.165) is 36.1 Å². The van der Waals surface area contributed by atoms with Crippen molar-refractivity contribution in [2.24, 2.45) is 5.92 Å². The van der Waals surface area contributed by atoms with Crippen LogP contribution < -0.4 is 0 Å². The summed E-state index contributed by atoms with van der Waals surface area (Å²) in [7, 11) is 0. The molecule has 6 nitrogen and oxygen atoms in total. The molecule has 0 amide bonds. The van der Waals surface area contributed by atoms with E-state index in [2.05, 4.69) is 48.3 Å². The number of aliphatic hydroxyl groups is 1. The maximum atomic E-state index is 10.2. The van der Waals surface area contributed by atoms with Crippen LogP contribution >= 0.6 is 0 Å². The van der Waals surface area contributed by atoms with Crippen LogP contribution in [0.5, 0.6) is 0 Å². The number of hydrogen-bond donors (Lipinski definition) is 1. The number of allylic oxidation sites excluding steroid dienone is 3. The standard InChI is InChI=1S/C26H32N4O2/c1-5-6-21(11-12-26(31)13-14-26)17-30-19(4)16-23(28-30)25-27-24(29-32-25)22-9-7-20(8-10-22)15-18(2)3/h5-11,16,18,31H,12-15,17H2,1-4H3. The van der Waals surface area contributed by atoms with Gasteiger partial charge < -0.3 is 9.63 Å². The molecule has 0 aliphatic heterocycles. The molecule has 0 radical (unpaired) electrons. The summed E-state index contributed by atoms with van der Waals surface area (Å²) in [6.45, 7) is 9.08. The molecule has 32 heavy (non-hydrogen) atoms. The van der Waals surface area contributed by atoms with Gasteiger partial charge in [-0.15, -0.1) is 0 Å². The molecular formula is C26H32N4O2. The zero-order valence-electron chi connectivity index (χ0n) is 19.4. The molecule has 0 spiro atoms. The number of rotatable bonds is 9. The number of aryl methyl sites for hydroxylation is 1. The second-order valence-electron chi connectivity index (χ2n) is 9.25. The van der Waals surface area contributed by atoms with E-state index in [1.165, 1.54) is 5.56 Å². The number of benzene rings is 1. The maximum absolute atomic E-state index is 10.2. The van der Waals surface area contributed by atoms with E-state index in [9.17, 15) is 5.11 Å². The van der Waals surface area contributed by atoms with Crippen molar-refractivity contribution < 1.29 is 9.63 Å². The van der Waals surface area contributed by atoms with Crippen molar-refractivity contribution in [2.75, 3.05) is 0 Å². The van der Waals surface area contributed by atoms with Crippen LogP contribution in [-0.2, 0) is 13.0 Å². The van der Waals surface area contributed by atoms with E-state index in [1.807, 2.05) is 42.8 Å². The van der Waals surface area contributed by atoms with Gasteiger partial charge in [-0.05, 0) is 62.7 Å². The molecule has 1 aliphatic rings. The van der Waals surface area contributed by atoms with Crippen molar-refractivity contribution in [1.29, 1.82) is 0 Å². The Morgan fingerprint density at radius 2 is 2.00 bits per heavy atom. The predicted molar refractivity (Wildman–Crippen MR) is 126 cm³/mol. The molecule has 1 aliphatic carbocycles. The van der Waals surface area contributed by atoms with Crippen LogP contribution in [0.2, 0.25) is 0 Å². The fourth-order valence-corrected chi connectivity index (χ4v) is 3.72. The summed E-state index contributed by atoms with van der Waals surface area (Å²) in [6, 6.07) is 10.3. The SMILES string of the molecule is CC=CC(=CCC1(O)CC1)Cn1nc(-c2nc(-c3ccc(CC(C)C)cc3)no2)cc1C. The van der Waals surface area contributed by atoms with Gasteiger partial charge in [0.2, 0.25) is 5.82 Å². The van der Waals surface area contributed by atoms with Crippen molar-refractivity contribution in [2.45, 2.75) is 65.5 Å². The second kappa shape index (κ2) is 9.25. The first-order valence-electron chi connectivity index (χ1n) is 11.4. The van der Waals surface area contributed by atoms with E-state index in [-0.39, 0.29) is 0 Å². The lowest BCUT2D eigenvalue weighted by atomic mass is 10.0. The quantitative estimate of drug-likeness (QED) is 0.450. The number of hydrogen-bond acceptors (Lipinski definition) is 5. The normalized spacial score (nSPS) is 15.8. The Morgan fingerprint density at radius 3 is 2.66 bits per heavy atom. The van der Waals surface area contributed by atoms with E-state index in [4.69, 9.17) is 9.62 Å². The first-order chi connectivity index (χ1) is 15.3. The molecule has 0 atom stereocenters. The Morgan fingerprint density at radius 1 is 1.25 bits per heavy atom. The zero-order chi connectivity index (χ0) is 22.7. The van der Waals surface area contributed by atoms with Crippen LogP contribution in [-0.4, -0.2) is 30.6 Å². The Kier molecular flexibility index (Phi) is 6.42. The molecule has 2 aromatic heterocycles. The molecule has 0 saturated heterocycles. The minimum atomic E-state index is -0.496. The van der Waals surface area contributed by atoms with Gasteiger partial charge in [-0.25, -0.2) is 0 Å². The summed E-state index contributed by atoms with van der Waals surface area (Å²) in [5.41, 5.74) is 4.54. The van der Waals surface area contributed by atoms with Gasteiger partial charge in [0, 0.05) is 11.3 Å². The zero-order valence-corrected chi connectivity index (χ0v) is 19.4.